The van der Waals surface area contributed by atoms with Crippen LogP contribution in [0.2, 0.25) is 0 Å². The largest absolute Gasteiger partial charge is 0.416 e. The second kappa shape index (κ2) is 9.50. The van der Waals surface area contributed by atoms with Crippen molar-refractivity contribution in [2.75, 3.05) is 6.54 Å². The predicted molar refractivity (Wildman–Crippen MR) is 120 cm³/mol. The van der Waals surface area contributed by atoms with Crippen molar-refractivity contribution in [2.24, 2.45) is 0 Å². The summed E-state index contributed by atoms with van der Waals surface area (Å²) in [6.07, 6.45) is -1.53. The average molecular weight is 469 g/mol. The number of alkyl halides is 3. The normalized spacial score (nSPS) is 11.6. The molecule has 7 nitrogen and oxygen atoms in total. The van der Waals surface area contributed by atoms with Crippen molar-refractivity contribution in [3.8, 4) is 0 Å². The summed E-state index contributed by atoms with van der Waals surface area (Å²) < 4.78 is 41.6. The van der Waals surface area contributed by atoms with Crippen LogP contribution in [0.15, 0.2) is 65.8 Å². The molecule has 4 rings (SSSR count). The molecule has 0 atom stereocenters. The first kappa shape index (κ1) is 23.2. The molecule has 1 N–H and O–H groups in total. The molecule has 0 aliphatic carbocycles. The Labute approximate surface area is 192 Å². The maximum atomic E-state index is 13.0. The van der Waals surface area contributed by atoms with E-state index in [1.807, 2.05) is 31.2 Å². The molecule has 0 bridgehead atoms. The van der Waals surface area contributed by atoms with Crippen LogP contribution in [0.25, 0.3) is 11.0 Å². The number of hydrogen-bond donors (Lipinski definition) is 1. The predicted octanol–water partition coefficient (Wildman–Crippen LogP) is 3.33. The lowest BCUT2D eigenvalue weighted by Gasteiger charge is -2.10. The lowest BCUT2D eigenvalue weighted by atomic mass is 10.1. The van der Waals surface area contributed by atoms with Gasteiger partial charge in [-0.1, -0.05) is 42.0 Å². The number of carbonyl (C=O) groups is 1. The number of halogens is 3. The zero-order valence-corrected chi connectivity index (χ0v) is 18.3. The fourth-order valence-corrected chi connectivity index (χ4v) is 3.69. The van der Waals surface area contributed by atoms with Crippen molar-refractivity contribution in [1.29, 1.82) is 0 Å². The Kier molecular flexibility index (Phi) is 6.49. The summed E-state index contributed by atoms with van der Waals surface area (Å²) in [7, 11) is 0. The van der Waals surface area contributed by atoms with E-state index in [2.05, 4.69) is 15.4 Å². The Morgan fingerprint density at radius 2 is 1.85 bits per heavy atom. The second-order valence-electron chi connectivity index (χ2n) is 8.00. The quantitative estimate of drug-likeness (QED) is 0.450. The van der Waals surface area contributed by atoms with Crippen molar-refractivity contribution in [3.05, 3.63) is 93.7 Å². The minimum Gasteiger partial charge on any atom is -0.354 e. The highest BCUT2D eigenvalue weighted by molar-refractivity contribution is 5.78. The minimum atomic E-state index is -4.46. The van der Waals surface area contributed by atoms with Crippen molar-refractivity contribution in [1.82, 2.24) is 24.6 Å². The van der Waals surface area contributed by atoms with Gasteiger partial charge in [-0.05, 0) is 30.2 Å². The second-order valence-corrected chi connectivity index (χ2v) is 8.00. The first-order valence-electron chi connectivity index (χ1n) is 10.6. The zero-order valence-electron chi connectivity index (χ0n) is 18.3. The van der Waals surface area contributed by atoms with Crippen LogP contribution in [-0.4, -0.2) is 31.8 Å². The Morgan fingerprint density at radius 1 is 1.09 bits per heavy atom. The number of hydrogen-bond acceptors (Lipinski definition) is 4. The van der Waals surface area contributed by atoms with Gasteiger partial charge in [-0.25, -0.2) is 9.67 Å². The molecular formula is C24H22F3N5O2. The van der Waals surface area contributed by atoms with E-state index in [4.69, 9.17) is 0 Å². The van der Waals surface area contributed by atoms with Crippen molar-refractivity contribution < 1.29 is 18.0 Å². The lowest BCUT2D eigenvalue weighted by Crippen LogP contribution is -2.29. The summed E-state index contributed by atoms with van der Waals surface area (Å²) >= 11 is 0. The molecule has 0 unspecified atom stereocenters. The molecule has 0 radical (unpaired) electrons. The highest BCUT2D eigenvalue weighted by Crippen LogP contribution is 2.29. The van der Waals surface area contributed by atoms with Gasteiger partial charge in [0.15, 0.2) is 5.65 Å². The Balaban J connectivity index is 1.42. The van der Waals surface area contributed by atoms with E-state index in [1.54, 1.807) is 0 Å². The van der Waals surface area contributed by atoms with Crippen LogP contribution in [0.5, 0.6) is 0 Å². The molecule has 176 valence electrons. The molecule has 34 heavy (non-hydrogen) atoms. The van der Waals surface area contributed by atoms with Gasteiger partial charge in [0, 0.05) is 6.54 Å². The molecule has 0 saturated heterocycles. The van der Waals surface area contributed by atoms with E-state index in [0.717, 1.165) is 23.3 Å². The van der Waals surface area contributed by atoms with E-state index >= 15 is 0 Å². The molecule has 0 aliphatic rings. The Bertz CT molecular complexity index is 1390. The first-order chi connectivity index (χ1) is 16.2. The molecular weight excluding hydrogens is 447 g/mol. The third-order valence-electron chi connectivity index (χ3n) is 5.32. The fraction of sp³-hybridized carbons (Fsp3) is 0.250. The summed E-state index contributed by atoms with van der Waals surface area (Å²) in [6, 6.07) is 12.5. The summed E-state index contributed by atoms with van der Waals surface area (Å²) in [4.78, 5) is 29.3. The van der Waals surface area contributed by atoms with Crippen molar-refractivity contribution in [2.45, 2.75) is 32.6 Å². The van der Waals surface area contributed by atoms with Crippen molar-refractivity contribution >= 4 is 16.9 Å². The standard InChI is InChI=1S/C24H22F3N5O2/c1-16-4-2-5-17(10-16)12-21(33)28-8-9-32-22-20(13-30-32)23(34)31(15-29-22)14-18-6-3-7-19(11-18)24(25,26)27/h2-7,10-11,13,15H,8-9,12,14H2,1H3,(H,28,33). The summed E-state index contributed by atoms with van der Waals surface area (Å²) in [5, 5.41) is 7.26. The van der Waals surface area contributed by atoms with Crippen LogP contribution in [-0.2, 0) is 30.5 Å². The molecule has 1 amide bonds. The number of rotatable bonds is 7. The maximum absolute atomic E-state index is 13.0. The molecule has 2 aromatic carbocycles. The minimum absolute atomic E-state index is 0.0497. The van der Waals surface area contributed by atoms with Gasteiger partial charge in [-0.15, -0.1) is 0 Å². The molecule has 2 heterocycles. The van der Waals surface area contributed by atoms with Gasteiger partial charge in [0.05, 0.1) is 31.3 Å². The number of aryl methyl sites for hydroxylation is 1. The summed E-state index contributed by atoms with van der Waals surface area (Å²) in [5.74, 6) is -0.126. The van der Waals surface area contributed by atoms with E-state index in [-0.39, 0.29) is 24.3 Å². The number of fused-ring (bicyclic) bond motifs is 1. The fourth-order valence-electron chi connectivity index (χ4n) is 3.69. The van der Waals surface area contributed by atoms with Gasteiger partial charge in [0.1, 0.15) is 11.7 Å². The van der Waals surface area contributed by atoms with Crippen LogP contribution in [0.3, 0.4) is 0 Å². The van der Waals surface area contributed by atoms with Crippen LogP contribution < -0.4 is 10.9 Å². The van der Waals surface area contributed by atoms with Crippen LogP contribution in [0, 0.1) is 6.92 Å². The highest BCUT2D eigenvalue weighted by atomic mass is 19.4. The molecule has 0 aliphatic heterocycles. The monoisotopic (exact) mass is 469 g/mol. The number of amides is 1. The SMILES string of the molecule is Cc1cccc(CC(=O)NCCn2ncc3c(=O)n(Cc4cccc(C(F)(F)F)c4)cnc32)c1. The number of nitrogens with one attached hydrogen (secondary N) is 1. The van der Waals surface area contributed by atoms with Gasteiger partial charge in [-0.3, -0.25) is 14.2 Å². The van der Waals surface area contributed by atoms with E-state index in [1.165, 1.54) is 33.9 Å². The van der Waals surface area contributed by atoms with Gasteiger partial charge < -0.3 is 5.32 Å². The number of nitrogens with zero attached hydrogens (tertiary/aromatic N) is 4. The van der Waals surface area contributed by atoms with Crippen LogP contribution in [0.4, 0.5) is 13.2 Å². The lowest BCUT2D eigenvalue weighted by molar-refractivity contribution is -0.137. The third-order valence-corrected chi connectivity index (χ3v) is 5.32. The number of carbonyl (C=O) groups excluding carboxylic acids is 1. The average Bonchev–Trinajstić information content (AvgIpc) is 3.19. The van der Waals surface area contributed by atoms with Gasteiger partial charge in [-0.2, -0.15) is 18.3 Å². The molecule has 10 heteroatoms. The highest BCUT2D eigenvalue weighted by Gasteiger charge is 2.30. The molecule has 0 fully saturated rings. The molecule has 0 spiro atoms. The zero-order chi connectivity index (χ0) is 24.3. The van der Waals surface area contributed by atoms with Crippen molar-refractivity contribution in [3.63, 3.8) is 0 Å². The van der Waals surface area contributed by atoms with E-state index in [9.17, 15) is 22.8 Å². The maximum Gasteiger partial charge on any atom is 0.416 e. The molecule has 2 aromatic heterocycles. The number of benzene rings is 2. The van der Waals surface area contributed by atoms with Crippen LogP contribution in [0.1, 0.15) is 22.3 Å². The van der Waals surface area contributed by atoms with E-state index in [0.29, 0.717) is 24.3 Å². The molecule has 4 aromatic rings. The summed E-state index contributed by atoms with van der Waals surface area (Å²) in [6.45, 7) is 2.53. The van der Waals surface area contributed by atoms with E-state index < -0.39 is 17.3 Å². The third kappa shape index (κ3) is 5.33. The molecule has 0 saturated carbocycles. The first-order valence-corrected chi connectivity index (χ1v) is 10.6. The van der Waals surface area contributed by atoms with Gasteiger partial charge in [0.2, 0.25) is 5.91 Å². The van der Waals surface area contributed by atoms with Gasteiger partial charge in [0.25, 0.3) is 5.56 Å². The summed E-state index contributed by atoms with van der Waals surface area (Å²) in [5.41, 5.74) is 1.50. The van der Waals surface area contributed by atoms with Gasteiger partial charge >= 0.3 is 6.18 Å². The Morgan fingerprint density at radius 3 is 2.62 bits per heavy atom. The topological polar surface area (TPSA) is 81.8 Å². The smallest absolute Gasteiger partial charge is 0.354 e. The van der Waals surface area contributed by atoms with Crippen LogP contribution >= 0.6 is 0 Å². The number of aromatic nitrogens is 4. The Hall–Kier alpha value is -3.95.